The maximum Gasteiger partial charge on any atom is -0.00773 e. The summed E-state index contributed by atoms with van der Waals surface area (Å²) in [4.78, 5) is 0. The second-order valence-corrected chi connectivity index (χ2v) is 13.5. The maximum absolute atomic E-state index is 5.55. The summed E-state index contributed by atoms with van der Waals surface area (Å²) in [7, 11) is 0. The third kappa shape index (κ3) is 39.7. The molecule has 0 aliphatic rings. The summed E-state index contributed by atoms with van der Waals surface area (Å²) >= 11 is 0. The lowest BCUT2D eigenvalue weighted by Crippen LogP contribution is -1.97. The largest absolute Gasteiger partial charge is 0.330 e. The van der Waals surface area contributed by atoms with Crippen molar-refractivity contribution in [1.29, 1.82) is 0 Å². The molecule has 0 fully saturated rings. The van der Waals surface area contributed by atoms with E-state index in [1.54, 1.807) is 0 Å². The number of hydrogen-bond donors (Lipinski definition) is 1. The zero-order chi connectivity index (χ0) is 29.6. The minimum Gasteiger partial charge on any atom is -0.330 e. The fraction of sp³-hybridized carbons (Fsp3) is 0.950. The Labute approximate surface area is 262 Å². The molecule has 0 saturated carbocycles. The Morgan fingerprint density at radius 1 is 0.268 bits per heavy atom. The van der Waals surface area contributed by atoms with Crippen LogP contribution in [0.15, 0.2) is 12.2 Å². The zero-order valence-corrected chi connectivity index (χ0v) is 28.9. The van der Waals surface area contributed by atoms with E-state index in [0.717, 1.165) is 6.54 Å². The summed E-state index contributed by atoms with van der Waals surface area (Å²) in [6.45, 7) is 3.18. The van der Waals surface area contributed by atoms with E-state index >= 15 is 0 Å². The van der Waals surface area contributed by atoms with Crippen molar-refractivity contribution in [2.45, 2.75) is 238 Å². The van der Waals surface area contributed by atoms with E-state index in [1.165, 1.54) is 231 Å². The van der Waals surface area contributed by atoms with Crippen LogP contribution in [-0.4, -0.2) is 6.54 Å². The van der Waals surface area contributed by atoms with Gasteiger partial charge in [-0.05, 0) is 38.6 Å². The van der Waals surface area contributed by atoms with Crippen molar-refractivity contribution in [3.8, 4) is 0 Å². The Morgan fingerprint density at radius 2 is 0.463 bits per heavy atom. The summed E-state index contributed by atoms with van der Waals surface area (Å²) in [6, 6.07) is 0. The van der Waals surface area contributed by atoms with E-state index in [1.807, 2.05) is 0 Å². The molecule has 246 valence electrons. The second kappa shape index (κ2) is 39.7. The summed E-state index contributed by atoms with van der Waals surface area (Å²) in [5.41, 5.74) is 5.55. The number of unbranched alkanes of at least 4 members (excludes halogenated alkanes) is 34. The molecule has 0 aromatic carbocycles. The van der Waals surface area contributed by atoms with Crippen molar-refractivity contribution in [2.75, 3.05) is 6.54 Å². The SMILES string of the molecule is CCCCCCCCCCCCCCCCCCCCCCCCCCC=CCCCCCCCCCCCCN. The molecular formula is C40H81N. The number of hydrogen-bond acceptors (Lipinski definition) is 1. The van der Waals surface area contributed by atoms with Crippen LogP contribution in [0.1, 0.15) is 238 Å². The van der Waals surface area contributed by atoms with Crippen molar-refractivity contribution in [3.05, 3.63) is 12.2 Å². The van der Waals surface area contributed by atoms with Gasteiger partial charge >= 0.3 is 0 Å². The van der Waals surface area contributed by atoms with Crippen molar-refractivity contribution in [3.63, 3.8) is 0 Å². The highest BCUT2D eigenvalue weighted by Crippen LogP contribution is 2.16. The fourth-order valence-electron chi connectivity index (χ4n) is 6.28. The van der Waals surface area contributed by atoms with Crippen LogP contribution in [0.5, 0.6) is 0 Å². The molecule has 1 nitrogen and oxygen atoms in total. The lowest BCUT2D eigenvalue weighted by atomic mass is 10.0. The number of rotatable bonds is 37. The van der Waals surface area contributed by atoms with Crippen LogP contribution in [0.3, 0.4) is 0 Å². The number of nitrogens with two attached hydrogens (primary N) is 1. The highest BCUT2D eigenvalue weighted by Gasteiger charge is 1.96. The van der Waals surface area contributed by atoms with E-state index in [0.29, 0.717) is 0 Å². The van der Waals surface area contributed by atoms with Gasteiger partial charge in [-0.2, -0.15) is 0 Å². The van der Waals surface area contributed by atoms with Gasteiger partial charge in [-0.25, -0.2) is 0 Å². The van der Waals surface area contributed by atoms with Crippen LogP contribution in [0.4, 0.5) is 0 Å². The Hall–Kier alpha value is -0.300. The molecule has 0 aliphatic carbocycles. The summed E-state index contributed by atoms with van der Waals surface area (Å²) in [6.07, 6.45) is 56.8. The lowest BCUT2D eigenvalue weighted by molar-refractivity contribution is 0.517. The third-order valence-electron chi connectivity index (χ3n) is 9.22. The zero-order valence-electron chi connectivity index (χ0n) is 28.9. The first-order valence-electron chi connectivity index (χ1n) is 19.8. The van der Waals surface area contributed by atoms with E-state index in [4.69, 9.17) is 5.73 Å². The Bertz CT molecular complexity index is 456. The lowest BCUT2D eigenvalue weighted by Gasteiger charge is -2.04. The molecule has 2 N–H and O–H groups in total. The van der Waals surface area contributed by atoms with Crippen molar-refractivity contribution >= 4 is 0 Å². The van der Waals surface area contributed by atoms with Gasteiger partial charge in [-0.15, -0.1) is 0 Å². The van der Waals surface area contributed by atoms with E-state index in [9.17, 15) is 0 Å². The third-order valence-corrected chi connectivity index (χ3v) is 9.22. The van der Waals surface area contributed by atoms with Crippen LogP contribution in [0.25, 0.3) is 0 Å². The Balaban J connectivity index is 3.07. The molecule has 0 atom stereocenters. The average molecular weight is 576 g/mol. The highest BCUT2D eigenvalue weighted by molar-refractivity contribution is 4.81. The summed E-state index contributed by atoms with van der Waals surface area (Å²) in [5.74, 6) is 0. The average Bonchev–Trinajstić information content (AvgIpc) is 2.98. The minimum absolute atomic E-state index is 0.869. The molecule has 0 spiro atoms. The monoisotopic (exact) mass is 576 g/mol. The topological polar surface area (TPSA) is 26.0 Å². The standard InChI is InChI=1S/C40H81N/c1-2-3-4-5-6-7-8-9-10-11-12-13-14-15-16-17-18-19-20-21-22-23-24-25-26-27-28-29-30-31-32-33-34-35-36-37-38-39-40-41/h27-28H,2-26,29-41H2,1H3. The van der Waals surface area contributed by atoms with E-state index in [2.05, 4.69) is 19.1 Å². The minimum atomic E-state index is 0.869. The molecule has 0 amide bonds. The van der Waals surface area contributed by atoms with Gasteiger partial charge in [-0.3, -0.25) is 0 Å². The van der Waals surface area contributed by atoms with Gasteiger partial charge in [-0.1, -0.05) is 218 Å². The first-order chi connectivity index (χ1) is 20.4. The van der Waals surface area contributed by atoms with Gasteiger partial charge in [0, 0.05) is 0 Å². The predicted molar refractivity (Wildman–Crippen MR) is 190 cm³/mol. The normalized spacial score (nSPS) is 11.8. The predicted octanol–water partition coefficient (Wildman–Crippen LogP) is 14.6. The molecule has 0 bridgehead atoms. The maximum atomic E-state index is 5.55. The molecule has 0 saturated heterocycles. The van der Waals surface area contributed by atoms with Gasteiger partial charge in [0.15, 0.2) is 0 Å². The first-order valence-corrected chi connectivity index (χ1v) is 19.8. The summed E-state index contributed by atoms with van der Waals surface area (Å²) in [5, 5.41) is 0. The summed E-state index contributed by atoms with van der Waals surface area (Å²) < 4.78 is 0. The molecular weight excluding hydrogens is 494 g/mol. The smallest absolute Gasteiger partial charge is 0.00773 e. The van der Waals surface area contributed by atoms with Crippen LogP contribution < -0.4 is 5.73 Å². The first kappa shape index (κ1) is 40.7. The van der Waals surface area contributed by atoms with Gasteiger partial charge < -0.3 is 5.73 Å². The van der Waals surface area contributed by atoms with Gasteiger partial charge in [0.1, 0.15) is 0 Å². The second-order valence-electron chi connectivity index (χ2n) is 13.5. The van der Waals surface area contributed by atoms with Crippen molar-refractivity contribution < 1.29 is 0 Å². The van der Waals surface area contributed by atoms with Crippen LogP contribution in [0, 0.1) is 0 Å². The molecule has 0 unspecified atom stereocenters. The van der Waals surface area contributed by atoms with E-state index < -0.39 is 0 Å². The highest BCUT2D eigenvalue weighted by atomic mass is 14.5. The molecule has 1 heteroatoms. The molecule has 0 rings (SSSR count). The van der Waals surface area contributed by atoms with Gasteiger partial charge in [0.05, 0.1) is 0 Å². The van der Waals surface area contributed by atoms with Crippen molar-refractivity contribution in [1.82, 2.24) is 0 Å². The quantitative estimate of drug-likeness (QED) is 0.0578. The van der Waals surface area contributed by atoms with E-state index in [-0.39, 0.29) is 0 Å². The van der Waals surface area contributed by atoms with Crippen LogP contribution in [-0.2, 0) is 0 Å². The molecule has 0 aromatic rings. The van der Waals surface area contributed by atoms with Crippen LogP contribution >= 0.6 is 0 Å². The molecule has 0 aliphatic heterocycles. The molecule has 0 aromatic heterocycles. The van der Waals surface area contributed by atoms with Crippen molar-refractivity contribution in [2.24, 2.45) is 5.73 Å². The Morgan fingerprint density at radius 3 is 0.683 bits per heavy atom. The van der Waals surface area contributed by atoms with Gasteiger partial charge in [0.25, 0.3) is 0 Å². The Kier molecular flexibility index (Phi) is 39.4. The number of allylic oxidation sites excluding steroid dienone is 2. The fourth-order valence-corrected chi connectivity index (χ4v) is 6.28. The molecule has 41 heavy (non-hydrogen) atoms. The molecule has 0 radical (unpaired) electrons. The van der Waals surface area contributed by atoms with Gasteiger partial charge in [0.2, 0.25) is 0 Å². The van der Waals surface area contributed by atoms with Crippen LogP contribution in [0.2, 0.25) is 0 Å². The molecule has 0 heterocycles.